The van der Waals surface area contributed by atoms with Crippen LogP contribution in [0.25, 0.3) is 0 Å². The van der Waals surface area contributed by atoms with E-state index in [1.807, 2.05) is 0 Å². The Bertz CT molecular complexity index is 259. The SMILES string of the molecule is NC1CCSCC1(CC(F)(F)F)C(=O)O. The van der Waals surface area contributed by atoms with Crippen molar-refractivity contribution >= 4 is 17.7 Å². The topological polar surface area (TPSA) is 63.3 Å². The monoisotopic (exact) mass is 243 g/mol. The Hall–Kier alpha value is -0.430. The van der Waals surface area contributed by atoms with Gasteiger partial charge in [-0.05, 0) is 12.2 Å². The van der Waals surface area contributed by atoms with Gasteiger partial charge in [0.25, 0.3) is 0 Å². The molecule has 3 N–H and O–H groups in total. The van der Waals surface area contributed by atoms with Crippen molar-refractivity contribution in [3.8, 4) is 0 Å². The molecule has 1 heterocycles. The van der Waals surface area contributed by atoms with Gasteiger partial charge >= 0.3 is 12.1 Å². The van der Waals surface area contributed by atoms with Crippen molar-refractivity contribution in [3.63, 3.8) is 0 Å². The lowest BCUT2D eigenvalue weighted by Crippen LogP contribution is -2.54. The summed E-state index contributed by atoms with van der Waals surface area (Å²) in [5, 5.41) is 8.93. The van der Waals surface area contributed by atoms with Crippen LogP contribution in [0.5, 0.6) is 0 Å². The number of carboxylic acids is 1. The third kappa shape index (κ3) is 2.78. The van der Waals surface area contributed by atoms with Crippen LogP contribution < -0.4 is 5.73 Å². The molecule has 0 aromatic carbocycles. The molecule has 15 heavy (non-hydrogen) atoms. The molecule has 0 aromatic rings. The molecule has 2 unspecified atom stereocenters. The lowest BCUT2D eigenvalue weighted by atomic mass is 9.77. The van der Waals surface area contributed by atoms with Crippen molar-refractivity contribution in [2.75, 3.05) is 11.5 Å². The highest BCUT2D eigenvalue weighted by molar-refractivity contribution is 7.99. The van der Waals surface area contributed by atoms with Crippen molar-refractivity contribution in [2.24, 2.45) is 11.1 Å². The fourth-order valence-corrected chi connectivity index (χ4v) is 3.05. The van der Waals surface area contributed by atoms with Gasteiger partial charge < -0.3 is 10.8 Å². The first-order valence-electron chi connectivity index (χ1n) is 4.41. The van der Waals surface area contributed by atoms with Crippen molar-refractivity contribution in [1.29, 1.82) is 0 Å². The van der Waals surface area contributed by atoms with E-state index in [-0.39, 0.29) is 5.75 Å². The second kappa shape index (κ2) is 4.21. The highest BCUT2D eigenvalue weighted by Crippen LogP contribution is 2.42. The first-order chi connectivity index (χ1) is 6.78. The third-order valence-corrected chi connectivity index (χ3v) is 3.83. The van der Waals surface area contributed by atoms with E-state index in [1.54, 1.807) is 0 Å². The highest BCUT2D eigenvalue weighted by atomic mass is 32.2. The van der Waals surface area contributed by atoms with E-state index in [0.29, 0.717) is 12.2 Å². The van der Waals surface area contributed by atoms with Crippen LogP contribution in [0.4, 0.5) is 13.2 Å². The van der Waals surface area contributed by atoms with E-state index in [4.69, 9.17) is 10.8 Å². The minimum absolute atomic E-state index is 0.0665. The summed E-state index contributed by atoms with van der Waals surface area (Å²) in [4.78, 5) is 11.0. The third-order valence-electron chi connectivity index (χ3n) is 2.58. The van der Waals surface area contributed by atoms with Gasteiger partial charge in [-0.25, -0.2) is 0 Å². The summed E-state index contributed by atoms with van der Waals surface area (Å²) in [5.74, 6) is -0.892. The first kappa shape index (κ1) is 12.6. The van der Waals surface area contributed by atoms with E-state index in [1.165, 1.54) is 11.8 Å². The van der Waals surface area contributed by atoms with Crippen LogP contribution in [0, 0.1) is 5.41 Å². The minimum Gasteiger partial charge on any atom is -0.481 e. The summed E-state index contributed by atoms with van der Waals surface area (Å²) in [7, 11) is 0. The average Bonchev–Trinajstić information content (AvgIpc) is 2.06. The van der Waals surface area contributed by atoms with Crippen LogP contribution >= 0.6 is 11.8 Å². The van der Waals surface area contributed by atoms with Gasteiger partial charge in [0.05, 0.1) is 6.42 Å². The van der Waals surface area contributed by atoms with Gasteiger partial charge in [0.1, 0.15) is 5.41 Å². The molecule has 7 heteroatoms. The predicted molar refractivity (Wildman–Crippen MR) is 50.7 cm³/mol. The lowest BCUT2D eigenvalue weighted by molar-refractivity contribution is -0.179. The Morgan fingerprint density at radius 2 is 2.20 bits per heavy atom. The molecular weight excluding hydrogens is 231 g/mol. The number of hydrogen-bond donors (Lipinski definition) is 2. The molecule has 1 fully saturated rings. The van der Waals surface area contributed by atoms with Crippen molar-refractivity contribution in [3.05, 3.63) is 0 Å². The number of carboxylic acid groups (broad SMARTS) is 1. The molecule has 0 bridgehead atoms. The number of aliphatic carboxylic acids is 1. The predicted octanol–water partition coefficient (Wildman–Crippen LogP) is 1.47. The number of thioether (sulfide) groups is 1. The van der Waals surface area contributed by atoms with Crippen LogP contribution in [0.15, 0.2) is 0 Å². The number of carbonyl (C=O) groups is 1. The summed E-state index contributed by atoms with van der Waals surface area (Å²) in [6.45, 7) is 0. The highest BCUT2D eigenvalue weighted by Gasteiger charge is 2.52. The maximum Gasteiger partial charge on any atom is 0.390 e. The molecule has 1 saturated heterocycles. The van der Waals surface area contributed by atoms with Crippen LogP contribution in [0.1, 0.15) is 12.8 Å². The van der Waals surface area contributed by atoms with Gasteiger partial charge in [-0.1, -0.05) is 0 Å². The Kier molecular flexibility index (Phi) is 3.55. The molecule has 0 spiro atoms. The average molecular weight is 243 g/mol. The molecule has 2 atom stereocenters. The molecule has 0 saturated carbocycles. The van der Waals surface area contributed by atoms with Crippen LogP contribution in [0.2, 0.25) is 0 Å². The molecule has 0 aliphatic carbocycles. The van der Waals surface area contributed by atoms with Gasteiger partial charge in [0, 0.05) is 11.8 Å². The molecular formula is C8H12F3NO2S. The first-order valence-corrected chi connectivity index (χ1v) is 5.57. The van der Waals surface area contributed by atoms with E-state index in [0.717, 1.165) is 0 Å². The molecule has 1 aliphatic rings. The summed E-state index contributed by atoms with van der Waals surface area (Å²) in [6.07, 6.45) is -5.52. The van der Waals surface area contributed by atoms with Gasteiger partial charge in [0.2, 0.25) is 0 Å². The fourth-order valence-electron chi connectivity index (χ4n) is 1.68. The summed E-state index contributed by atoms with van der Waals surface area (Å²) < 4.78 is 36.9. The second-order valence-electron chi connectivity index (χ2n) is 3.70. The van der Waals surface area contributed by atoms with Crippen molar-refractivity contribution in [2.45, 2.75) is 25.1 Å². The zero-order valence-electron chi connectivity index (χ0n) is 7.88. The van der Waals surface area contributed by atoms with Gasteiger partial charge in [-0.3, -0.25) is 4.79 Å². The van der Waals surface area contributed by atoms with Gasteiger partial charge in [-0.2, -0.15) is 24.9 Å². The molecule has 0 aromatic heterocycles. The van der Waals surface area contributed by atoms with Crippen LogP contribution in [-0.2, 0) is 4.79 Å². The van der Waals surface area contributed by atoms with Crippen LogP contribution in [-0.4, -0.2) is 34.8 Å². The smallest absolute Gasteiger partial charge is 0.390 e. The Morgan fingerprint density at radius 1 is 1.60 bits per heavy atom. The normalized spacial score (nSPS) is 32.7. The molecule has 0 radical (unpaired) electrons. The van der Waals surface area contributed by atoms with Crippen molar-refractivity contribution in [1.82, 2.24) is 0 Å². The van der Waals surface area contributed by atoms with Gasteiger partial charge in [-0.15, -0.1) is 0 Å². The van der Waals surface area contributed by atoms with E-state index >= 15 is 0 Å². The van der Waals surface area contributed by atoms with Crippen molar-refractivity contribution < 1.29 is 23.1 Å². The number of nitrogens with two attached hydrogens (primary N) is 1. The number of hydrogen-bond acceptors (Lipinski definition) is 3. The molecule has 1 aliphatic heterocycles. The molecule has 88 valence electrons. The Balaban J connectivity index is 2.91. The maximum absolute atomic E-state index is 12.3. The quantitative estimate of drug-likeness (QED) is 0.771. The zero-order valence-corrected chi connectivity index (χ0v) is 8.70. The molecule has 0 amide bonds. The fraction of sp³-hybridized carbons (Fsp3) is 0.875. The standard InChI is InChI=1S/C8H12F3NO2S/c9-8(10,11)3-7(6(13)14)4-15-2-1-5(7)12/h5H,1-4,12H2,(H,13,14). The lowest BCUT2D eigenvalue weighted by Gasteiger charge is -2.38. The van der Waals surface area contributed by atoms with Crippen LogP contribution in [0.3, 0.4) is 0 Å². The number of rotatable bonds is 2. The molecule has 1 rings (SSSR count). The minimum atomic E-state index is -4.49. The van der Waals surface area contributed by atoms with Gasteiger partial charge in [0.15, 0.2) is 0 Å². The summed E-state index contributed by atoms with van der Waals surface area (Å²) >= 11 is 1.21. The maximum atomic E-state index is 12.3. The zero-order chi connectivity index (χ0) is 11.7. The van der Waals surface area contributed by atoms with E-state index in [9.17, 15) is 18.0 Å². The Labute approximate surface area is 89.2 Å². The Morgan fingerprint density at radius 3 is 2.60 bits per heavy atom. The molecule has 3 nitrogen and oxygen atoms in total. The number of alkyl halides is 3. The summed E-state index contributed by atoms with van der Waals surface area (Å²) in [5.41, 5.74) is 3.68. The summed E-state index contributed by atoms with van der Waals surface area (Å²) in [6, 6.07) is -0.919. The largest absolute Gasteiger partial charge is 0.481 e. The van der Waals surface area contributed by atoms with E-state index in [2.05, 4.69) is 0 Å². The second-order valence-corrected chi connectivity index (χ2v) is 4.81. The van der Waals surface area contributed by atoms with E-state index < -0.39 is 30.0 Å². The number of halogens is 3.